The van der Waals surface area contributed by atoms with E-state index < -0.39 is 4.92 Å². The third-order valence-electron chi connectivity index (χ3n) is 5.76. The summed E-state index contributed by atoms with van der Waals surface area (Å²) in [5.74, 6) is 0.232. The Labute approximate surface area is 222 Å². The van der Waals surface area contributed by atoms with Crippen LogP contribution in [0.5, 0.6) is 0 Å². The van der Waals surface area contributed by atoms with Crippen molar-refractivity contribution < 1.29 is 9.72 Å². The van der Waals surface area contributed by atoms with Gasteiger partial charge >= 0.3 is 0 Å². The molecule has 0 spiro atoms. The molecule has 2 aromatic heterocycles. The normalized spacial score (nSPS) is 10.8. The molecule has 0 aliphatic rings. The fourth-order valence-corrected chi connectivity index (χ4v) is 4.81. The third-order valence-corrected chi connectivity index (χ3v) is 6.73. The van der Waals surface area contributed by atoms with Gasteiger partial charge in [-0.05, 0) is 18.2 Å². The van der Waals surface area contributed by atoms with E-state index in [4.69, 9.17) is 4.98 Å². The van der Waals surface area contributed by atoms with Crippen LogP contribution >= 0.6 is 11.8 Å². The molecular weight excluding hydrogens is 500 g/mol. The first kappa shape index (κ1) is 24.8. The number of nitro groups is 1. The Balaban J connectivity index is 1.47. The van der Waals surface area contributed by atoms with E-state index in [9.17, 15) is 14.9 Å². The number of carbonyl (C=O) groups is 1. The number of pyridine rings is 1. The van der Waals surface area contributed by atoms with E-state index in [2.05, 4.69) is 22.1 Å². The summed E-state index contributed by atoms with van der Waals surface area (Å²) in [4.78, 5) is 28.2. The zero-order chi connectivity index (χ0) is 26.5. The lowest BCUT2D eigenvalue weighted by Crippen LogP contribution is -2.15. The first-order chi connectivity index (χ1) is 18.5. The molecule has 2 heterocycles. The highest BCUT2D eigenvalue weighted by Gasteiger charge is 2.20. The number of allylic oxidation sites excluding steroid dienone is 1. The Morgan fingerprint density at radius 3 is 2.55 bits per heavy atom. The van der Waals surface area contributed by atoms with Crippen LogP contribution in [0.15, 0.2) is 103 Å². The zero-order valence-corrected chi connectivity index (χ0v) is 21.0. The standard InChI is InChI=1S/C28H22N6O3S/c1-2-16-33-27(21-17-24(19-10-4-3-5-11-19)29-22-13-7-6-12-20(21)22)31-32-28(33)38-18-26(35)30-23-14-8-9-15-25(23)34(36)37/h2-15,17H,1,16,18H2,(H,30,35). The van der Waals surface area contributed by atoms with Crippen LogP contribution in [0.25, 0.3) is 33.5 Å². The highest BCUT2D eigenvalue weighted by Crippen LogP contribution is 2.33. The summed E-state index contributed by atoms with van der Waals surface area (Å²) in [5.41, 5.74) is 3.46. The van der Waals surface area contributed by atoms with Crippen LogP contribution < -0.4 is 5.32 Å². The SMILES string of the molecule is C=CCn1c(SCC(=O)Nc2ccccc2[N+](=O)[O-])nnc1-c1cc(-c2ccccc2)nc2ccccc12. The number of amides is 1. The Kier molecular flexibility index (Phi) is 7.23. The first-order valence-corrected chi connectivity index (χ1v) is 12.7. The summed E-state index contributed by atoms with van der Waals surface area (Å²) >= 11 is 1.19. The van der Waals surface area contributed by atoms with E-state index in [1.54, 1.807) is 18.2 Å². The quantitative estimate of drug-likeness (QED) is 0.109. The molecule has 188 valence electrons. The van der Waals surface area contributed by atoms with Crippen LogP contribution in [-0.4, -0.2) is 36.3 Å². The molecule has 38 heavy (non-hydrogen) atoms. The molecule has 5 rings (SSSR count). The average molecular weight is 523 g/mol. The molecule has 0 radical (unpaired) electrons. The molecule has 0 saturated carbocycles. The highest BCUT2D eigenvalue weighted by atomic mass is 32.2. The first-order valence-electron chi connectivity index (χ1n) is 11.7. The van der Waals surface area contributed by atoms with Gasteiger partial charge in [0.05, 0.1) is 21.9 Å². The van der Waals surface area contributed by atoms with Gasteiger partial charge in [0.1, 0.15) is 5.69 Å². The summed E-state index contributed by atoms with van der Waals surface area (Å²) in [6.45, 7) is 4.30. The van der Waals surface area contributed by atoms with Gasteiger partial charge in [-0.1, -0.05) is 78.5 Å². The number of thioether (sulfide) groups is 1. The van der Waals surface area contributed by atoms with Crippen molar-refractivity contribution in [3.63, 3.8) is 0 Å². The zero-order valence-electron chi connectivity index (χ0n) is 20.2. The van der Waals surface area contributed by atoms with E-state index >= 15 is 0 Å². The molecule has 0 bridgehead atoms. The topological polar surface area (TPSA) is 116 Å². The lowest BCUT2D eigenvalue weighted by molar-refractivity contribution is -0.383. The maximum absolute atomic E-state index is 12.6. The number of hydrogen-bond acceptors (Lipinski definition) is 7. The van der Waals surface area contributed by atoms with E-state index in [1.165, 1.54) is 23.9 Å². The number of rotatable bonds is 9. The second-order valence-corrected chi connectivity index (χ2v) is 9.20. The lowest BCUT2D eigenvalue weighted by Gasteiger charge is -2.12. The molecule has 9 nitrogen and oxygen atoms in total. The molecule has 0 aliphatic heterocycles. The Morgan fingerprint density at radius 2 is 1.76 bits per heavy atom. The second kappa shape index (κ2) is 11.1. The van der Waals surface area contributed by atoms with Crippen molar-refractivity contribution in [3.8, 4) is 22.6 Å². The Bertz CT molecular complexity index is 1650. The van der Waals surface area contributed by atoms with Crippen LogP contribution in [0.1, 0.15) is 0 Å². The van der Waals surface area contributed by atoms with Crippen molar-refractivity contribution in [1.29, 1.82) is 0 Å². The summed E-state index contributed by atoms with van der Waals surface area (Å²) in [7, 11) is 0. The molecule has 0 atom stereocenters. The number of carbonyl (C=O) groups excluding carboxylic acids is 1. The number of para-hydroxylation sites is 3. The number of fused-ring (bicyclic) bond motifs is 1. The van der Waals surface area contributed by atoms with E-state index in [1.807, 2.05) is 65.2 Å². The van der Waals surface area contributed by atoms with Crippen molar-refractivity contribution in [2.45, 2.75) is 11.7 Å². The largest absolute Gasteiger partial charge is 0.320 e. The Morgan fingerprint density at radius 1 is 1.03 bits per heavy atom. The van der Waals surface area contributed by atoms with Gasteiger partial charge in [0.25, 0.3) is 5.69 Å². The highest BCUT2D eigenvalue weighted by molar-refractivity contribution is 7.99. The molecule has 1 N–H and O–H groups in total. The number of hydrogen-bond donors (Lipinski definition) is 1. The lowest BCUT2D eigenvalue weighted by atomic mass is 10.0. The number of nitro benzene ring substituents is 1. The summed E-state index contributed by atoms with van der Waals surface area (Å²) in [5, 5.41) is 24.2. The van der Waals surface area contributed by atoms with Crippen LogP contribution in [0.4, 0.5) is 11.4 Å². The number of anilines is 1. The maximum atomic E-state index is 12.6. The number of nitrogens with one attached hydrogen (secondary N) is 1. The molecule has 0 fully saturated rings. The molecule has 5 aromatic rings. The molecule has 3 aromatic carbocycles. The molecule has 1 amide bonds. The minimum absolute atomic E-state index is 0.00627. The van der Waals surface area contributed by atoms with E-state index in [0.717, 1.165) is 27.7 Å². The minimum atomic E-state index is -0.529. The van der Waals surface area contributed by atoms with Crippen molar-refractivity contribution in [2.24, 2.45) is 0 Å². The summed E-state index contributed by atoms with van der Waals surface area (Å²) in [6, 6.07) is 25.8. The minimum Gasteiger partial charge on any atom is -0.320 e. The number of benzene rings is 3. The van der Waals surface area contributed by atoms with Crippen molar-refractivity contribution in [2.75, 3.05) is 11.1 Å². The van der Waals surface area contributed by atoms with Gasteiger partial charge in [-0.3, -0.25) is 19.5 Å². The molecule has 0 unspecified atom stereocenters. The third kappa shape index (κ3) is 5.16. The van der Waals surface area contributed by atoms with Gasteiger partial charge in [0.15, 0.2) is 11.0 Å². The van der Waals surface area contributed by atoms with Gasteiger partial charge < -0.3 is 5.32 Å². The monoisotopic (exact) mass is 522 g/mol. The average Bonchev–Trinajstić information content (AvgIpc) is 3.34. The van der Waals surface area contributed by atoms with Gasteiger partial charge in [-0.25, -0.2) is 4.98 Å². The van der Waals surface area contributed by atoms with Gasteiger partial charge in [-0.15, -0.1) is 16.8 Å². The fourth-order valence-electron chi connectivity index (χ4n) is 4.06. The fraction of sp³-hybridized carbons (Fsp3) is 0.0714. The van der Waals surface area contributed by atoms with Gasteiger partial charge in [0, 0.05) is 29.1 Å². The van der Waals surface area contributed by atoms with Crippen LogP contribution in [-0.2, 0) is 11.3 Å². The molecular formula is C28H22N6O3S. The molecule has 10 heteroatoms. The van der Waals surface area contributed by atoms with Crippen molar-refractivity contribution in [1.82, 2.24) is 19.7 Å². The van der Waals surface area contributed by atoms with Gasteiger partial charge in [-0.2, -0.15) is 0 Å². The van der Waals surface area contributed by atoms with Crippen LogP contribution in [0.3, 0.4) is 0 Å². The molecule has 0 saturated heterocycles. The summed E-state index contributed by atoms with van der Waals surface area (Å²) < 4.78 is 1.90. The number of aromatic nitrogens is 4. The summed E-state index contributed by atoms with van der Waals surface area (Å²) in [6.07, 6.45) is 1.74. The van der Waals surface area contributed by atoms with E-state index in [0.29, 0.717) is 17.5 Å². The van der Waals surface area contributed by atoms with Crippen LogP contribution in [0.2, 0.25) is 0 Å². The number of nitrogens with zero attached hydrogens (tertiary/aromatic N) is 5. The Hall–Kier alpha value is -4.83. The predicted octanol–water partition coefficient (Wildman–Crippen LogP) is 5.99. The van der Waals surface area contributed by atoms with Crippen molar-refractivity contribution >= 4 is 39.9 Å². The van der Waals surface area contributed by atoms with Gasteiger partial charge in [0.2, 0.25) is 5.91 Å². The van der Waals surface area contributed by atoms with Crippen LogP contribution in [0, 0.1) is 10.1 Å². The molecule has 0 aliphatic carbocycles. The smallest absolute Gasteiger partial charge is 0.292 e. The second-order valence-electron chi connectivity index (χ2n) is 8.25. The maximum Gasteiger partial charge on any atom is 0.292 e. The predicted molar refractivity (Wildman–Crippen MR) is 149 cm³/mol. The van der Waals surface area contributed by atoms with Crippen molar-refractivity contribution in [3.05, 3.63) is 108 Å². The van der Waals surface area contributed by atoms with E-state index in [-0.39, 0.29) is 23.0 Å².